The topological polar surface area (TPSA) is 176 Å². The largest absolute Gasteiger partial charge is 0.507 e. The summed E-state index contributed by atoms with van der Waals surface area (Å²) in [5.74, 6) is -0.653. The average molecular weight is 535 g/mol. The van der Waals surface area contributed by atoms with Crippen molar-refractivity contribution in [3.05, 3.63) is 45.3 Å². The summed E-state index contributed by atoms with van der Waals surface area (Å²) < 4.78 is 22.3. The molecule has 5 N–H and O–H groups in total. The molecule has 1 aromatic carbocycles. The van der Waals surface area contributed by atoms with Crippen molar-refractivity contribution in [1.29, 1.82) is 0 Å². The highest BCUT2D eigenvalue weighted by Gasteiger charge is 2.46. The molecule has 0 amide bonds. The lowest BCUT2D eigenvalue weighted by Gasteiger charge is -2.40. The molecule has 0 unspecified atom stereocenters. The van der Waals surface area contributed by atoms with Crippen LogP contribution in [0.1, 0.15) is 44.4 Å². The monoisotopic (exact) mass is 534 g/mol. The molecule has 0 bridgehead atoms. The normalized spacial score (nSPS) is 28.2. The maximum absolute atomic E-state index is 12.6. The van der Waals surface area contributed by atoms with Crippen molar-refractivity contribution in [3.8, 4) is 11.5 Å². The van der Waals surface area contributed by atoms with Crippen molar-refractivity contribution < 1.29 is 49.0 Å². The Morgan fingerprint density at radius 3 is 2.47 bits per heavy atom. The molecule has 0 radical (unpaired) electrons. The molecular formula is C27H34O11. The standard InChI is InChI=1S/C27H34O11/c1-12-9-16(28)20-17(29)10-18(13(2)24(20)36-12)37-26-23(32)22(31)21(30)19(38-26)11-35-25(33)14-5-7-15(8-6-14)27(3,4)34/h5,9-10,15,19,21-23,26,29-32,34H,6-8,11H2,1-4H3/t15-,19+,21+,22-,23+,26+/m0/s1. The first kappa shape index (κ1) is 28.1. The summed E-state index contributed by atoms with van der Waals surface area (Å²) in [7, 11) is 0. The van der Waals surface area contributed by atoms with Gasteiger partial charge in [-0.1, -0.05) is 6.08 Å². The van der Waals surface area contributed by atoms with E-state index in [1.165, 1.54) is 12.1 Å². The van der Waals surface area contributed by atoms with Crippen LogP contribution in [0.15, 0.2) is 33.0 Å². The van der Waals surface area contributed by atoms with Gasteiger partial charge in [-0.25, -0.2) is 4.79 Å². The van der Waals surface area contributed by atoms with Gasteiger partial charge in [-0.2, -0.15) is 0 Å². The summed E-state index contributed by atoms with van der Waals surface area (Å²) in [6, 6.07) is 2.41. The maximum atomic E-state index is 12.6. The molecule has 0 spiro atoms. The zero-order valence-corrected chi connectivity index (χ0v) is 21.7. The first-order valence-electron chi connectivity index (χ1n) is 12.5. The number of hydrogen-bond donors (Lipinski definition) is 5. The van der Waals surface area contributed by atoms with E-state index < -0.39 is 60.1 Å². The Morgan fingerprint density at radius 1 is 1.13 bits per heavy atom. The van der Waals surface area contributed by atoms with E-state index in [1.54, 1.807) is 33.8 Å². The van der Waals surface area contributed by atoms with E-state index in [0.29, 0.717) is 36.2 Å². The van der Waals surface area contributed by atoms with E-state index in [4.69, 9.17) is 18.6 Å². The zero-order valence-electron chi connectivity index (χ0n) is 21.7. The van der Waals surface area contributed by atoms with E-state index in [-0.39, 0.29) is 22.6 Å². The maximum Gasteiger partial charge on any atom is 0.333 e. The van der Waals surface area contributed by atoms with Gasteiger partial charge in [-0.3, -0.25) is 4.79 Å². The van der Waals surface area contributed by atoms with Crippen LogP contribution < -0.4 is 10.2 Å². The molecule has 11 heteroatoms. The van der Waals surface area contributed by atoms with Crippen LogP contribution in [0.4, 0.5) is 0 Å². The van der Waals surface area contributed by atoms with Crippen molar-refractivity contribution in [2.24, 2.45) is 5.92 Å². The first-order chi connectivity index (χ1) is 17.8. The lowest BCUT2D eigenvalue weighted by atomic mass is 9.79. The summed E-state index contributed by atoms with van der Waals surface area (Å²) in [5, 5.41) is 51.9. The predicted octanol–water partition coefficient (Wildman–Crippen LogP) is 1.34. The van der Waals surface area contributed by atoms with Gasteiger partial charge in [0.15, 0.2) is 5.43 Å². The molecule has 4 rings (SSSR count). The Morgan fingerprint density at radius 2 is 1.84 bits per heavy atom. The fourth-order valence-electron chi connectivity index (χ4n) is 4.84. The van der Waals surface area contributed by atoms with Gasteiger partial charge in [-0.15, -0.1) is 0 Å². The van der Waals surface area contributed by atoms with Crippen LogP contribution >= 0.6 is 0 Å². The molecule has 2 aromatic rings. The number of aliphatic hydroxyl groups excluding tert-OH is 3. The molecular weight excluding hydrogens is 500 g/mol. The van der Waals surface area contributed by atoms with Crippen LogP contribution in [0.5, 0.6) is 11.5 Å². The zero-order chi connectivity index (χ0) is 27.9. The summed E-state index contributed by atoms with van der Waals surface area (Å²) in [4.78, 5) is 24.9. The molecule has 1 saturated heterocycles. The van der Waals surface area contributed by atoms with E-state index in [0.717, 1.165) is 0 Å². The number of allylic oxidation sites excluding steroid dienone is 1. The van der Waals surface area contributed by atoms with Gasteiger partial charge in [0, 0.05) is 23.3 Å². The number of phenolic OH excluding ortho intramolecular Hbond substituents is 1. The van der Waals surface area contributed by atoms with Gasteiger partial charge in [0.2, 0.25) is 6.29 Å². The SMILES string of the molecule is Cc1cc(=O)c2c(O)cc(O[C@@H]3O[C@H](COC(=O)C4=CC[C@H](C(C)(C)O)CC4)[C@@H](O)[C@H](O)[C@H]3O)c(C)c2o1. The molecule has 1 aliphatic heterocycles. The molecule has 6 atom stereocenters. The smallest absolute Gasteiger partial charge is 0.333 e. The quantitative estimate of drug-likeness (QED) is 0.338. The molecule has 208 valence electrons. The van der Waals surface area contributed by atoms with Crippen LogP contribution in [-0.2, 0) is 14.3 Å². The van der Waals surface area contributed by atoms with E-state index in [2.05, 4.69) is 0 Å². The molecule has 1 aliphatic carbocycles. The second kappa shape index (κ2) is 10.7. The van der Waals surface area contributed by atoms with Crippen LogP contribution in [0.25, 0.3) is 11.0 Å². The van der Waals surface area contributed by atoms with E-state index >= 15 is 0 Å². The third-order valence-electron chi connectivity index (χ3n) is 7.27. The number of phenols is 1. The second-order valence-electron chi connectivity index (χ2n) is 10.5. The van der Waals surface area contributed by atoms with Crippen molar-refractivity contribution in [1.82, 2.24) is 0 Å². The molecule has 11 nitrogen and oxygen atoms in total. The van der Waals surface area contributed by atoms with E-state index in [9.17, 15) is 35.1 Å². The Hall–Kier alpha value is -2.96. The van der Waals surface area contributed by atoms with Crippen molar-refractivity contribution >= 4 is 16.9 Å². The van der Waals surface area contributed by atoms with Crippen molar-refractivity contribution in [3.63, 3.8) is 0 Å². The fourth-order valence-corrected chi connectivity index (χ4v) is 4.84. The third kappa shape index (κ3) is 5.57. The molecule has 0 saturated carbocycles. The number of hydrogen-bond acceptors (Lipinski definition) is 11. The number of carbonyl (C=O) groups is 1. The molecule has 38 heavy (non-hydrogen) atoms. The third-order valence-corrected chi connectivity index (χ3v) is 7.27. The summed E-state index contributed by atoms with van der Waals surface area (Å²) >= 11 is 0. The molecule has 2 aliphatic rings. The van der Waals surface area contributed by atoms with Gasteiger partial charge in [-0.05, 0) is 52.9 Å². The van der Waals surface area contributed by atoms with Crippen LogP contribution in [0.3, 0.4) is 0 Å². The number of rotatable bonds is 6. The Kier molecular flexibility index (Phi) is 7.87. The van der Waals surface area contributed by atoms with Gasteiger partial charge >= 0.3 is 5.97 Å². The minimum Gasteiger partial charge on any atom is -0.507 e. The summed E-state index contributed by atoms with van der Waals surface area (Å²) in [5.41, 5.74) is -0.416. The second-order valence-corrected chi connectivity index (χ2v) is 10.5. The van der Waals surface area contributed by atoms with Crippen LogP contribution in [0, 0.1) is 19.8 Å². The number of fused-ring (bicyclic) bond motifs is 1. The van der Waals surface area contributed by atoms with Gasteiger partial charge < -0.3 is 44.2 Å². The van der Waals surface area contributed by atoms with Crippen molar-refractivity contribution in [2.45, 2.75) is 83.3 Å². The summed E-state index contributed by atoms with van der Waals surface area (Å²) in [6.45, 7) is 6.20. The fraction of sp³-hybridized carbons (Fsp3) is 0.556. The molecule has 2 heterocycles. The number of benzene rings is 1. The number of carbonyl (C=O) groups excluding carboxylic acids is 1. The highest BCUT2D eigenvalue weighted by Crippen LogP contribution is 2.36. The van der Waals surface area contributed by atoms with Crippen LogP contribution in [-0.4, -0.2) is 74.4 Å². The number of esters is 1. The Labute approximate surface area is 218 Å². The predicted molar refractivity (Wildman–Crippen MR) is 134 cm³/mol. The average Bonchev–Trinajstić information content (AvgIpc) is 2.85. The number of aliphatic hydroxyl groups is 4. The Balaban J connectivity index is 1.47. The summed E-state index contributed by atoms with van der Waals surface area (Å²) in [6.07, 6.45) is -4.39. The number of aryl methyl sites for hydroxylation is 2. The molecule has 1 aromatic heterocycles. The lowest BCUT2D eigenvalue weighted by Crippen LogP contribution is -2.60. The van der Waals surface area contributed by atoms with Gasteiger partial charge in [0.05, 0.1) is 5.60 Å². The van der Waals surface area contributed by atoms with E-state index in [1.807, 2.05) is 0 Å². The minimum absolute atomic E-state index is 0.0147. The Bertz CT molecular complexity index is 1290. The first-order valence-corrected chi connectivity index (χ1v) is 12.5. The van der Waals surface area contributed by atoms with Crippen molar-refractivity contribution in [2.75, 3.05) is 6.61 Å². The highest BCUT2D eigenvalue weighted by atomic mass is 16.7. The number of aromatic hydroxyl groups is 1. The van der Waals surface area contributed by atoms with Gasteiger partial charge in [0.1, 0.15) is 59.3 Å². The number of ether oxygens (including phenoxy) is 3. The highest BCUT2D eigenvalue weighted by molar-refractivity contribution is 5.89. The lowest BCUT2D eigenvalue weighted by molar-refractivity contribution is -0.278. The molecule has 1 fully saturated rings. The van der Waals surface area contributed by atoms with Crippen LogP contribution in [0.2, 0.25) is 0 Å². The minimum atomic E-state index is -1.69. The van der Waals surface area contributed by atoms with Gasteiger partial charge in [0.25, 0.3) is 0 Å².